The standard InChI is InChI=1S/C12H11F3N2O.C4H11N/c13-12(14,15)18-11-4-1-3-10(7-11)8-17-6-2-5-16-9-17;1-4(2,3)5/h1-7H,8-9H2;5H2,1-3H3. The number of aliphatic imine (C=N–C) groups is 1. The number of hydrogen-bond acceptors (Lipinski definition) is 4. The van der Waals surface area contributed by atoms with E-state index in [4.69, 9.17) is 5.73 Å². The van der Waals surface area contributed by atoms with Crippen LogP contribution in [0.4, 0.5) is 13.2 Å². The molecule has 1 aromatic rings. The molecule has 0 amide bonds. The predicted octanol–water partition coefficient (Wildman–Crippen LogP) is 3.69. The molecule has 0 atom stereocenters. The normalized spacial score (nSPS) is 14.3. The average molecular weight is 329 g/mol. The van der Waals surface area contributed by atoms with Crippen LogP contribution in [0.15, 0.2) is 41.5 Å². The molecule has 0 aliphatic carbocycles. The molecule has 0 saturated carbocycles. The highest BCUT2D eigenvalue weighted by Gasteiger charge is 2.31. The summed E-state index contributed by atoms with van der Waals surface area (Å²) >= 11 is 0. The molecule has 0 bridgehead atoms. The Kier molecular flexibility index (Phi) is 6.62. The maximum absolute atomic E-state index is 12.1. The third-order valence-electron chi connectivity index (χ3n) is 2.27. The Labute approximate surface area is 134 Å². The van der Waals surface area contributed by atoms with Gasteiger partial charge in [-0.1, -0.05) is 12.1 Å². The summed E-state index contributed by atoms with van der Waals surface area (Å²) in [5, 5.41) is 0. The quantitative estimate of drug-likeness (QED) is 0.920. The first-order valence-corrected chi connectivity index (χ1v) is 7.07. The zero-order chi connectivity index (χ0) is 17.5. The van der Waals surface area contributed by atoms with Gasteiger partial charge in [0.1, 0.15) is 12.4 Å². The molecule has 7 heteroatoms. The molecule has 1 aromatic carbocycles. The number of benzene rings is 1. The van der Waals surface area contributed by atoms with Crippen molar-refractivity contribution in [3.63, 3.8) is 0 Å². The highest BCUT2D eigenvalue weighted by atomic mass is 19.4. The number of hydrogen-bond donors (Lipinski definition) is 1. The van der Waals surface area contributed by atoms with E-state index in [9.17, 15) is 13.2 Å². The van der Waals surface area contributed by atoms with Gasteiger partial charge in [-0.3, -0.25) is 4.99 Å². The monoisotopic (exact) mass is 329 g/mol. The molecule has 1 aliphatic heterocycles. The first-order chi connectivity index (χ1) is 10.5. The van der Waals surface area contributed by atoms with Crippen LogP contribution in [-0.4, -0.2) is 29.7 Å². The molecule has 1 aliphatic rings. The van der Waals surface area contributed by atoms with Crippen molar-refractivity contribution in [2.24, 2.45) is 10.7 Å². The van der Waals surface area contributed by atoms with Gasteiger partial charge in [0.15, 0.2) is 0 Å². The lowest BCUT2D eigenvalue weighted by atomic mass is 10.1. The summed E-state index contributed by atoms with van der Waals surface area (Å²) in [5.74, 6) is -0.204. The summed E-state index contributed by atoms with van der Waals surface area (Å²) in [7, 11) is 0. The van der Waals surface area contributed by atoms with Crippen molar-refractivity contribution in [1.82, 2.24) is 4.90 Å². The molecule has 0 unspecified atom stereocenters. The van der Waals surface area contributed by atoms with Crippen LogP contribution in [0.25, 0.3) is 0 Å². The number of nitrogens with zero attached hydrogens (tertiary/aromatic N) is 2. The van der Waals surface area contributed by atoms with E-state index in [0.29, 0.717) is 13.2 Å². The number of rotatable bonds is 3. The number of alkyl halides is 3. The van der Waals surface area contributed by atoms with E-state index in [1.807, 2.05) is 31.9 Å². The Balaban J connectivity index is 0.000000463. The SMILES string of the molecule is CC(C)(C)N.FC(F)(F)Oc1cccc(CN2C=CC=NC2)c1. The predicted molar refractivity (Wildman–Crippen MR) is 85.1 cm³/mol. The number of halogens is 3. The first kappa shape index (κ1) is 19.0. The van der Waals surface area contributed by atoms with Crippen LogP contribution >= 0.6 is 0 Å². The summed E-state index contributed by atoms with van der Waals surface area (Å²) in [6.45, 7) is 6.89. The smallest absolute Gasteiger partial charge is 0.406 e. The molecular formula is C16H22F3N3O. The summed E-state index contributed by atoms with van der Waals surface area (Å²) < 4.78 is 40.1. The number of nitrogens with two attached hydrogens (primary N) is 1. The first-order valence-electron chi connectivity index (χ1n) is 7.07. The van der Waals surface area contributed by atoms with Crippen LogP contribution < -0.4 is 10.5 Å². The zero-order valence-corrected chi connectivity index (χ0v) is 13.5. The van der Waals surface area contributed by atoms with E-state index < -0.39 is 6.36 Å². The lowest BCUT2D eigenvalue weighted by Gasteiger charge is -2.20. The molecule has 1 heterocycles. The van der Waals surface area contributed by atoms with Gasteiger partial charge in [-0.25, -0.2) is 0 Å². The summed E-state index contributed by atoms with van der Waals surface area (Å²) in [4.78, 5) is 5.92. The molecule has 0 saturated heterocycles. The van der Waals surface area contributed by atoms with Crippen molar-refractivity contribution in [2.45, 2.75) is 39.2 Å². The van der Waals surface area contributed by atoms with Crippen molar-refractivity contribution in [3.05, 3.63) is 42.1 Å². The lowest BCUT2D eigenvalue weighted by molar-refractivity contribution is -0.274. The highest BCUT2D eigenvalue weighted by molar-refractivity contribution is 5.71. The molecule has 4 nitrogen and oxygen atoms in total. The molecule has 0 radical (unpaired) electrons. The summed E-state index contributed by atoms with van der Waals surface area (Å²) in [5.41, 5.74) is 6.09. The Bertz CT molecular complexity index is 542. The van der Waals surface area contributed by atoms with Gasteiger partial charge in [-0.2, -0.15) is 0 Å². The van der Waals surface area contributed by atoms with Crippen molar-refractivity contribution < 1.29 is 17.9 Å². The molecular weight excluding hydrogens is 307 g/mol. The fraction of sp³-hybridized carbons (Fsp3) is 0.438. The molecule has 0 spiro atoms. The Morgan fingerprint density at radius 1 is 1.26 bits per heavy atom. The molecule has 2 rings (SSSR count). The van der Waals surface area contributed by atoms with Crippen molar-refractivity contribution in [3.8, 4) is 5.75 Å². The minimum atomic E-state index is -4.66. The van der Waals surface area contributed by atoms with Gasteiger partial charge in [0.05, 0.1) is 0 Å². The lowest BCUT2D eigenvalue weighted by Crippen LogP contribution is -2.26. The van der Waals surface area contributed by atoms with Crippen LogP contribution in [-0.2, 0) is 6.54 Å². The maximum atomic E-state index is 12.1. The van der Waals surface area contributed by atoms with E-state index in [2.05, 4.69) is 9.73 Å². The van der Waals surface area contributed by atoms with Gasteiger partial charge in [0.2, 0.25) is 0 Å². The average Bonchev–Trinajstić information content (AvgIpc) is 2.36. The van der Waals surface area contributed by atoms with E-state index in [1.54, 1.807) is 18.4 Å². The minimum absolute atomic E-state index is 0. The highest BCUT2D eigenvalue weighted by Crippen LogP contribution is 2.23. The van der Waals surface area contributed by atoms with E-state index in [0.717, 1.165) is 5.56 Å². The van der Waals surface area contributed by atoms with Crippen LogP contribution in [0.5, 0.6) is 5.75 Å². The number of allylic oxidation sites excluding steroid dienone is 1. The fourth-order valence-electron chi connectivity index (χ4n) is 1.60. The molecule has 2 N–H and O–H groups in total. The largest absolute Gasteiger partial charge is 0.573 e. The second-order valence-electron chi connectivity index (χ2n) is 6.12. The molecule has 0 fully saturated rings. The Morgan fingerprint density at radius 2 is 1.91 bits per heavy atom. The third-order valence-corrected chi connectivity index (χ3v) is 2.27. The van der Waals surface area contributed by atoms with Crippen LogP contribution in [0.2, 0.25) is 0 Å². The topological polar surface area (TPSA) is 50.9 Å². The van der Waals surface area contributed by atoms with Gasteiger partial charge in [0, 0.05) is 24.5 Å². The Morgan fingerprint density at radius 3 is 2.43 bits per heavy atom. The second kappa shape index (κ2) is 8.01. The van der Waals surface area contributed by atoms with Crippen molar-refractivity contribution >= 4 is 6.21 Å². The minimum Gasteiger partial charge on any atom is -0.406 e. The molecule has 23 heavy (non-hydrogen) atoms. The van der Waals surface area contributed by atoms with Crippen LogP contribution in [0.3, 0.4) is 0 Å². The van der Waals surface area contributed by atoms with Gasteiger partial charge in [0.25, 0.3) is 0 Å². The van der Waals surface area contributed by atoms with Gasteiger partial charge >= 0.3 is 6.36 Å². The van der Waals surface area contributed by atoms with Crippen LogP contribution in [0, 0.1) is 0 Å². The van der Waals surface area contributed by atoms with E-state index in [-0.39, 0.29) is 11.3 Å². The Hall–Kier alpha value is -2.02. The zero-order valence-electron chi connectivity index (χ0n) is 13.5. The maximum Gasteiger partial charge on any atom is 0.573 e. The van der Waals surface area contributed by atoms with Gasteiger partial charge < -0.3 is 15.4 Å². The number of ether oxygens (including phenoxy) is 1. The fourth-order valence-corrected chi connectivity index (χ4v) is 1.60. The van der Waals surface area contributed by atoms with Crippen molar-refractivity contribution in [2.75, 3.05) is 6.67 Å². The second-order valence-corrected chi connectivity index (χ2v) is 6.12. The van der Waals surface area contributed by atoms with E-state index >= 15 is 0 Å². The third kappa shape index (κ3) is 10.4. The molecule has 0 aromatic heterocycles. The summed E-state index contributed by atoms with van der Waals surface area (Å²) in [6.07, 6.45) is 0.636. The molecule has 128 valence electrons. The van der Waals surface area contributed by atoms with Gasteiger partial charge in [-0.15, -0.1) is 13.2 Å². The van der Waals surface area contributed by atoms with E-state index in [1.165, 1.54) is 18.2 Å². The van der Waals surface area contributed by atoms with Crippen LogP contribution in [0.1, 0.15) is 26.3 Å². The van der Waals surface area contributed by atoms with Crippen molar-refractivity contribution in [1.29, 1.82) is 0 Å². The summed E-state index contributed by atoms with van der Waals surface area (Å²) in [6, 6.07) is 5.93. The van der Waals surface area contributed by atoms with Gasteiger partial charge in [-0.05, 0) is 44.5 Å².